The van der Waals surface area contributed by atoms with E-state index < -0.39 is 6.04 Å². The van der Waals surface area contributed by atoms with Crippen LogP contribution < -0.4 is 16.2 Å². The lowest BCUT2D eigenvalue weighted by atomic mass is 10.2. The lowest BCUT2D eigenvalue weighted by molar-refractivity contribution is -0.122. The highest BCUT2D eigenvalue weighted by Crippen LogP contribution is 2.18. The van der Waals surface area contributed by atoms with E-state index in [4.69, 9.17) is 5.84 Å². The zero-order valence-corrected chi connectivity index (χ0v) is 8.70. The number of rotatable bonds is 3. The highest BCUT2D eigenvalue weighted by molar-refractivity contribution is 5.84. The second kappa shape index (κ2) is 4.75. The predicted octanol–water partition coefficient (Wildman–Crippen LogP) is 0.640. The third-order valence-corrected chi connectivity index (χ3v) is 2.34. The number of nitrogens with one attached hydrogen (secondary N) is 1. The van der Waals surface area contributed by atoms with Gasteiger partial charge in [-0.1, -0.05) is 12.1 Å². The van der Waals surface area contributed by atoms with Gasteiger partial charge in [0.1, 0.15) is 11.9 Å². The van der Waals surface area contributed by atoms with Crippen LogP contribution in [0, 0.1) is 5.82 Å². The molecule has 0 saturated carbocycles. The monoisotopic (exact) mass is 211 g/mol. The van der Waals surface area contributed by atoms with E-state index in [1.807, 2.05) is 5.43 Å². The van der Waals surface area contributed by atoms with Crippen molar-refractivity contribution in [2.75, 3.05) is 11.9 Å². The van der Waals surface area contributed by atoms with Crippen LogP contribution in [-0.4, -0.2) is 19.0 Å². The quantitative estimate of drug-likeness (QED) is 0.438. The number of nitrogens with zero attached hydrogens (tertiary/aromatic N) is 1. The standard InChI is InChI=1S/C10H14FN3O/c1-7(10(15)13-12)14(2)9-6-4-3-5-8(9)11/h3-7H,12H2,1-2H3,(H,13,15). The molecule has 1 atom stereocenters. The van der Waals surface area contributed by atoms with Crippen LogP contribution in [0.2, 0.25) is 0 Å². The first-order chi connectivity index (χ1) is 7.07. The van der Waals surface area contributed by atoms with Crippen molar-refractivity contribution in [2.24, 2.45) is 5.84 Å². The lowest BCUT2D eigenvalue weighted by Crippen LogP contribution is -2.46. The molecule has 1 aromatic rings. The average molecular weight is 211 g/mol. The molecular weight excluding hydrogens is 197 g/mol. The summed E-state index contributed by atoms with van der Waals surface area (Å²) in [7, 11) is 1.64. The average Bonchev–Trinajstić information content (AvgIpc) is 2.26. The van der Waals surface area contributed by atoms with Crippen LogP contribution in [0.4, 0.5) is 10.1 Å². The predicted molar refractivity (Wildman–Crippen MR) is 56.6 cm³/mol. The van der Waals surface area contributed by atoms with Crippen LogP contribution in [0.15, 0.2) is 24.3 Å². The SMILES string of the molecule is CC(C(=O)NN)N(C)c1ccccc1F. The summed E-state index contributed by atoms with van der Waals surface area (Å²) in [5, 5.41) is 0. The number of carbonyl (C=O) groups is 1. The summed E-state index contributed by atoms with van der Waals surface area (Å²) >= 11 is 0. The van der Waals surface area contributed by atoms with Gasteiger partial charge in [0, 0.05) is 7.05 Å². The van der Waals surface area contributed by atoms with Crippen LogP contribution in [0.3, 0.4) is 0 Å². The molecule has 0 heterocycles. The van der Waals surface area contributed by atoms with Crippen molar-refractivity contribution in [1.82, 2.24) is 5.43 Å². The van der Waals surface area contributed by atoms with Crippen molar-refractivity contribution in [3.05, 3.63) is 30.1 Å². The van der Waals surface area contributed by atoms with Crippen LogP contribution >= 0.6 is 0 Å². The van der Waals surface area contributed by atoms with E-state index in [1.165, 1.54) is 11.0 Å². The molecule has 1 unspecified atom stereocenters. The van der Waals surface area contributed by atoms with Gasteiger partial charge < -0.3 is 4.90 Å². The van der Waals surface area contributed by atoms with E-state index in [9.17, 15) is 9.18 Å². The summed E-state index contributed by atoms with van der Waals surface area (Å²) in [4.78, 5) is 12.8. The number of likely N-dealkylation sites (N-methyl/N-ethyl adjacent to an activating group) is 1. The third-order valence-electron chi connectivity index (χ3n) is 2.34. The number of para-hydroxylation sites is 1. The Morgan fingerprint density at radius 3 is 2.67 bits per heavy atom. The number of benzene rings is 1. The molecule has 1 aromatic carbocycles. The number of halogens is 1. The van der Waals surface area contributed by atoms with Crippen LogP contribution in [0.25, 0.3) is 0 Å². The summed E-state index contributed by atoms with van der Waals surface area (Å²) in [5.41, 5.74) is 2.40. The maximum atomic E-state index is 13.4. The first kappa shape index (κ1) is 11.5. The van der Waals surface area contributed by atoms with Crippen molar-refractivity contribution in [2.45, 2.75) is 13.0 Å². The molecule has 0 radical (unpaired) electrons. The van der Waals surface area contributed by atoms with Crippen molar-refractivity contribution in [3.63, 3.8) is 0 Å². The first-order valence-electron chi connectivity index (χ1n) is 4.55. The number of amides is 1. The summed E-state index contributed by atoms with van der Waals surface area (Å²) in [6, 6.07) is 5.74. The molecule has 0 aliphatic carbocycles. The molecule has 3 N–H and O–H groups in total. The maximum Gasteiger partial charge on any atom is 0.256 e. The fourth-order valence-electron chi connectivity index (χ4n) is 1.24. The smallest absolute Gasteiger partial charge is 0.256 e. The highest BCUT2D eigenvalue weighted by Gasteiger charge is 2.19. The Morgan fingerprint density at radius 1 is 1.53 bits per heavy atom. The number of hydrazine groups is 1. The number of hydrogen-bond acceptors (Lipinski definition) is 3. The molecule has 0 aromatic heterocycles. The van der Waals surface area contributed by atoms with Gasteiger partial charge in [0.2, 0.25) is 0 Å². The third kappa shape index (κ3) is 2.44. The second-order valence-corrected chi connectivity index (χ2v) is 3.25. The minimum atomic E-state index is -0.521. The molecule has 0 spiro atoms. The van der Waals surface area contributed by atoms with Gasteiger partial charge >= 0.3 is 0 Å². The minimum Gasteiger partial charge on any atom is -0.360 e. The van der Waals surface area contributed by atoms with Gasteiger partial charge in [-0.05, 0) is 19.1 Å². The Balaban J connectivity index is 2.89. The zero-order valence-electron chi connectivity index (χ0n) is 8.70. The lowest BCUT2D eigenvalue weighted by Gasteiger charge is -2.25. The van der Waals surface area contributed by atoms with Crippen molar-refractivity contribution >= 4 is 11.6 Å². The van der Waals surface area contributed by atoms with Gasteiger partial charge in [0.15, 0.2) is 0 Å². The Kier molecular flexibility index (Phi) is 3.62. The van der Waals surface area contributed by atoms with Crippen LogP contribution in [0.1, 0.15) is 6.92 Å². The minimum absolute atomic E-state index is 0.360. The fraction of sp³-hybridized carbons (Fsp3) is 0.300. The van der Waals surface area contributed by atoms with E-state index >= 15 is 0 Å². The van der Waals surface area contributed by atoms with Crippen LogP contribution in [0.5, 0.6) is 0 Å². The molecule has 0 aliphatic rings. The second-order valence-electron chi connectivity index (χ2n) is 3.25. The molecule has 0 fully saturated rings. The van der Waals surface area contributed by atoms with Gasteiger partial charge in [-0.2, -0.15) is 0 Å². The van der Waals surface area contributed by atoms with E-state index in [1.54, 1.807) is 32.2 Å². The summed E-state index contributed by atoms with van der Waals surface area (Å²) in [6.45, 7) is 1.65. The molecule has 1 amide bonds. The molecule has 0 saturated heterocycles. The highest BCUT2D eigenvalue weighted by atomic mass is 19.1. The molecule has 15 heavy (non-hydrogen) atoms. The van der Waals surface area contributed by atoms with Crippen molar-refractivity contribution in [1.29, 1.82) is 0 Å². The Labute approximate surface area is 87.8 Å². The zero-order chi connectivity index (χ0) is 11.4. The first-order valence-corrected chi connectivity index (χ1v) is 4.55. The molecule has 4 nitrogen and oxygen atoms in total. The Bertz CT molecular complexity index is 356. The summed E-state index contributed by atoms with van der Waals surface area (Å²) in [5.74, 6) is 4.28. The van der Waals surface area contributed by atoms with E-state index in [-0.39, 0.29) is 11.7 Å². The number of nitrogens with two attached hydrogens (primary N) is 1. The van der Waals surface area contributed by atoms with Crippen LogP contribution in [-0.2, 0) is 4.79 Å². The Hall–Kier alpha value is -1.62. The maximum absolute atomic E-state index is 13.4. The molecule has 5 heteroatoms. The molecule has 0 bridgehead atoms. The number of carbonyl (C=O) groups excluding carboxylic acids is 1. The van der Waals surface area contributed by atoms with Gasteiger partial charge in [0.05, 0.1) is 5.69 Å². The van der Waals surface area contributed by atoms with Gasteiger partial charge in [0.25, 0.3) is 5.91 Å². The fourth-order valence-corrected chi connectivity index (χ4v) is 1.24. The van der Waals surface area contributed by atoms with Gasteiger partial charge in [-0.15, -0.1) is 0 Å². The number of hydrogen-bond donors (Lipinski definition) is 2. The van der Waals surface area contributed by atoms with E-state index in [0.29, 0.717) is 5.69 Å². The molecule has 82 valence electrons. The topological polar surface area (TPSA) is 58.4 Å². The summed E-state index contributed by atoms with van der Waals surface area (Å²) in [6.07, 6.45) is 0. The number of anilines is 1. The molecule has 1 rings (SSSR count). The summed E-state index contributed by atoms with van der Waals surface area (Å²) < 4.78 is 13.4. The van der Waals surface area contributed by atoms with Gasteiger partial charge in [-0.3, -0.25) is 10.2 Å². The Morgan fingerprint density at radius 2 is 2.13 bits per heavy atom. The van der Waals surface area contributed by atoms with Gasteiger partial charge in [-0.25, -0.2) is 10.2 Å². The normalized spacial score (nSPS) is 12.0. The molecular formula is C10H14FN3O. The largest absolute Gasteiger partial charge is 0.360 e. The molecule has 0 aliphatic heterocycles. The van der Waals surface area contributed by atoms with Crippen molar-refractivity contribution in [3.8, 4) is 0 Å². The van der Waals surface area contributed by atoms with Crippen molar-refractivity contribution < 1.29 is 9.18 Å². The van der Waals surface area contributed by atoms with E-state index in [2.05, 4.69) is 0 Å². The van der Waals surface area contributed by atoms with E-state index in [0.717, 1.165) is 0 Å².